The van der Waals surface area contributed by atoms with E-state index >= 15 is 0 Å². The van der Waals surface area contributed by atoms with E-state index in [0.717, 1.165) is 6.42 Å². The molecular formula is C9H12F4S. The molecule has 14 heavy (non-hydrogen) atoms. The Hall–Kier alpha value is 0.0700. The summed E-state index contributed by atoms with van der Waals surface area (Å²) >= 11 is 2.72. The van der Waals surface area contributed by atoms with Crippen molar-refractivity contribution in [3.8, 4) is 0 Å². The molecule has 5 heteroatoms. The van der Waals surface area contributed by atoms with Crippen LogP contribution in [0.15, 0.2) is 0 Å². The molecule has 0 aromatic carbocycles. The van der Waals surface area contributed by atoms with E-state index < -0.39 is 17.1 Å². The minimum atomic E-state index is -4.18. The summed E-state index contributed by atoms with van der Waals surface area (Å²) in [4.78, 5) is 0. The summed E-state index contributed by atoms with van der Waals surface area (Å²) in [7, 11) is 0. The van der Waals surface area contributed by atoms with E-state index in [2.05, 4.69) is 12.6 Å². The number of hydrogen-bond donors (Lipinski definition) is 1. The van der Waals surface area contributed by atoms with Crippen LogP contribution in [0.1, 0.15) is 25.7 Å². The Morgan fingerprint density at radius 3 is 2.00 bits per heavy atom. The molecule has 3 unspecified atom stereocenters. The Balaban J connectivity index is 2.16. The Morgan fingerprint density at radius 2 is 1.64 bits per heavy atom. The molecule has 0 amide bonds. The number of halogens is 4. The molecule has 2 bridgehead atoms. The second-order valence-corrected chi connectivity index (χ2v) is 5.01. The molecule has 0 nitrogen and oxygen atoms in total. The number of alkyl halides is 4. The van der Waals surface area contributed by atoms with Crippen LogP contribution in [0, 0.1) is 17.8 Å². The molecule has 0 spiro atoms. The van der Waals surface area contributed by atoms with E-state index in [-0.39, 0.29) is 18.3 Å². The van der Waals surface area contributed by atoms with Crippen molar-refractivity contribution in [3.63, 3.8) is 0 Å². The van der Waals surface area contributed by atoms with Crippen LogP contribution >= 0.6 is 12.6 Å². The highest BCUT2D eigenvalue weighted by molar-refractivity contribution is 7.81. The molecular weight excluding hydrogens is 216 g/mol. The van der Waals surface area contributed by atoms with Gasteiger partial charge in [-0.2, -0.15) is 17.6 Å². The zero-order valence-electron chi connectivity index (χ0n) is 7.52. The maximum absolute atomic E-state index is 13.3. The standard InChI is InChI=1S/C9H12F4S/c10-8(11,9(12,13)14)7-4-5-1-2-6(7)3-5/h5-7,14H,1-4H2. The number of thiol groups is 1. The van der Waals surface area contributed by atoms with E-state index in [4.69, 9.17) is 0 Å². The molecule has 82 valence electrons. The smallest absolute Gasteiger partial charge is 0.199 e. The van der Waals surface area contributed by atoms with Crippen LogP contribution < -0.4 is 0 Å². The van der Waals surface area contributed by atoms with Crippen LogP contribution in [0.3, 0.4) is 0 Å². The zero-order valence-corrected chi connectivity index (χ0v) is 8.41. The molecule has 0 aliphatic heterocycles. The lowest BCUT2D eigenvalue weighted by molar-refractivity contribution is -0.194. The van der Waals surface area contributed by atoms with E-state index in [1.54, 1.807) is 0 Å². The largest absolute Gasteiger partial charge is 0.353 e. The third kappa shape index (κ3) is 1.44. The van der Waals surface area contributed by atoms with Crippen LogP contribution in [-0.4, -0.2) is 11.2 Å². The van der Waals surface area contributed by atoms with Gasteiger partial charge in [0.1, 0.15) is 0 Å². The van der Waals surface area contributed by atoms with E-state index in [1.165, 1.54) is 0 Å². The summed E-state index contributed by atoms with van der Waals surface area (Å²) in [6.45, 7) is 0. The van der Waals surface area contributed by atoms with Crippen molar-refractivity contribution in [3.05, 3.63) is 0 Å². The number of rotatable bonds is 2. The van der Waals surface area contributed by atoms with Crippen LogP contribution in [-0.2, 0) is 0 Å². The monoisotopic (exact) mass is 228 g/mol. The topological polar surface area (TPSA) is 0 Å². The normalized spacial score (nSPS) is 37.9. The first kappa shape index (κ1) is 10.6. The Morgan fingerprint density at radius 1 is 1.00 bits per heavy atom. The quantitative estimate of drug-likeness (QED) is 0.542. The average molecular weight is 228 g/mol. The second-order valence-electron chi connectivity index (χ2n) is 4.45. The first-order chi connectivity index (χ1) is 6.32. The predicted octanol–water partition coefficient (Wildman–Crippen LogP) is 3.58. The van der Waals surface area contributed by atoms with Crippen molar-refractivity contribution in [2.75, 3.05) is 0 Å². The molecule has 2 aliphatic carbocycles. The molecule has 0 saturated heterocycles. The second kappa shape index (κ2) is 3.03. The molecule has 0 heterocycles. The highest BCUT2D eigenvalue weighted by Crippen LogP contribution is 2.57. The fraction of sp³-hybridized carbons (Fsp3) is 1.00. The van der Waals surface area contributed by atoms with Gasteiger partial charge < -0.3 is 0 Å². The molecule has 2 rings (SSSR count). The van der Waals surface area contributed by atoms with Crippen molar-refractivity contribution in [2.45, 2.75) is 36.9 Å². The van der Waals surface area contributed by atoms with E-state index in [0.29, 0.717) is 12.8 Å². The van der Waals surface area contributed by atoms with Crippen LogP contribution in [0.25, 0.3) is 0 Å². The van der Waals surface area contributed by atoms with Crippen LogP contribution in [0.2, 0.25) is 0 Å². The van der Waals surface area contributed by atoms with Gasteiger partial charge in [0.2, 0.25) is 0 Å². The van der Waals surface area contributed by atoms with Gasteiger partial charge in [-0.3, -0.25) is 0 Å². The van der Waals surface area contributed by atoms with Crippen molar-refractivity contribution in [2.24, 2.45) is 17.8 Å². The van der Waals surface area contributed by atoms with Gasteiger partial charge in [-0.05, 0) is 31.1 Å². The average Bonchev–Trinajstić information content (AvgIpc) is 2.61. The number of hydrogen-bond acceptors (Lipinski definition) is 1. The van der Waals surface area contributed by atoms with Crippen molar-refractivity contribution < 1.29 is 17.6 Å². The SMILES string of the molecule is FC(F)(S)C(F)(F)C1CC2CCC1C2. The van der Waals surface area contributed by atoms with Gasteiger partial charge in [0, 0.05) is 5.92 Å². The van der Waals surface area contributed by atoms with E-state index in [1.807, 2.05) is 0 Å². The summed E-state index contributed by atoms with van der Waals surface area (Å²) in [5.74, 6) is -5.08. The summed E-state index contributed by atoms with van der Waals surface area (Å²) < 4.78 is 51.7. The van der Waals surface area contributed by atoms with Crippen LogP contribution in [0.4, 0.5) is 17.6 Å². The molecule has 0 radical (unpaired) electrons. The fourth-order valence-electron chi connectivity index (χ4n) is 2.91. The maximum Gasteiger partial charge on any atom is 0.353 e. The molecule has 0 aromatic rings. The van der Waals surface area contributed by atoms with Crippen molar-refractivity contribution >= 4 is 12.6 Å². The Labute approximate surface area is 85.5 Å². The van der Waals surface area contributed by atoms with Crippen molar-refractivity contribution in [1.29, 1.82) is 0 Å². The summed E-state index contributed by atoms with van der Waals surface area (Å²) in [5.41, 5.74) is 0. The predicted molar refractivity (Wildman–Crippen MR) is 47.8 cm³/mol. The number of fused-ring (bicyclic) bond motifs is 2. The summed E-state index contributed by atoms with van der Waals surface area (Å²) in [6.07, 6.45) is 2.54. The summed E-state index contributed by atoms with van der Waals surface area (Å²) in [5, 5.41) is -4.18. The lowest BCUT2D eigenvalue weighted by atomic mass is 9.84. The maximum atomic E-state index is 13.3. The summed E-state index contributed by atoms with van der Waals surface area (Å²) in [6, 6.07) is 0. The Bertz CT molecular complexity index is 235. The van der Waals surface area contributed by atoms with Crippen LogP contribution in [0.5, 0.6) is 0 Å². The van der Waals surface area contributed by atoms with E-state index in [9.17, 15) is 17.6 Å². The Kier molecular flexibility index (Phi) is 2.29. The highest BCUT2D eigenvalue weighted by Gasteiger charge is 2.63. The molecule has 2 aliphatic rings. The molecule has 0 aromatic heterocycles. The van der Waals surface area contributed by atoms with Gasteiger partial charge in [-0.1, -0.05) is 19.0 Å². The van der Waals surface area contributed by atoms with Gasteiger partial charge in [0.05, 0.1) is 0 Å². The molecule has 0 N–H and O–H groups in total. The van der Waals surface area contributed by atoms with Gasteiger partial charge in [0.25, 0.3) is 0 Å². The minimum Gasteiger partial charge on any atom is -0.199 e. The molecule has 3 atom stereocenters. The third-order valence-corrected chi connectivity index (χ3v) is 3.90. The fourth-order valence-corrected chi connectivity index (χ4v) is 3.08. The first-order valence-electron chi connectivity index (χ1n) is 4.80. The third-order valence-electron chi connectivity index (χ3n) is 3.60. The molecule has 2 fully saturated rings. The van der Waals surface area contributed by atoms with Gasteiger partial charge in [-0.15, -0.1) is 0 Å². The zero-order chi connectivity index (χ0) is 10.6. The van der Waals surface area contributed by atoms with Crippen molar-refractivity contribution in [1.82, 2.24) is 0 Å². The van der Waals surface area contributed by atoms with Gasteiger partial charge in [0.15, 0.2) is 0 Å². The molecule has 2 saturated carbocycles. The lowest BCUT2D eigenvalue weighted by Crippen LogP contribution is -2.44. The van der Waals surface area contributed by atoms with Gasteiger partial charge in [-0.25, -0.2) is 0 Å². The first-order valence-corrected chi connectivity index (χ1v) is 5.25. The lowest BCUT2D eigenvalue weighted by Gasteiger charge is -2.33. The minimum absolute atomic E-state index is 0.215. The van der Waals surface area contributed by atoms with Gasteiger partial charge >= 0.3 is 11.2 Å². The highest BCUT2D eigenvalue weighted by atomic mass is 32.1.